The van der Waals surface area contributed by atoms with E-state index in [-0.39, 0.29) is 27.9 Å². The molecule has 2 amide bonds. The number of nitrogens with two attached hydrogens (primary N) is 1. The van der Waals surface area contributed by atoms with Gasteiger partial charge >= 0.3 is 0 Å². The third-order valence-electron chi connectivity index (χ3n) is 4.39. The molecule has 2 heterocycles. The van der Waals surface area contributed by atoms with Gasteiger partial charge in [-0.25, -0.2) is 4.98 Å². The van der Waals surface area contributed by atoms with E-state index in [1.54, 1.807) is 0 Å². The number of anilines is 1. The zero-order valence-corrected chi connectivity index (χ0v) is 13.4. The van der Waals surface area contributed by atoms with Gasteiger partial charge < -0.3 is 5.73 Å². The molecule has 0 bridgehead atoms. The largest absolute Gasteiger partial charge is 0.398 e. The minimum atomic E-state index is -2.25. The normalized spacial score (nSPS) is 22.8. The SMILES string of the molecule is [B]c1ccc2nc(C)n(C3([B])C(=O)NC(=O)CC3([B])[B])c(=O)c2c1N. The average molecular weight is 326 g/mol. The summed E-state index contributed by atoms with van der Waals surface area (Å²) in [5.41, 5.74) is 3.36. The van der Waals surface area contributed by atoms with Crippen LogP contribution in [-0.4, -0.2) is 52.8 Å². The maximum Gasteiger partial charge on any atom is 0.263 e. The summed E-state index contributed by atoms with van der Waals surface area (Å²) >= 11 is 0. The van der Waals surface area contributed by atoms with Gasteiger partial charge in [0.2, 0.25) is 11.8 Å². The van der Waals surface area contributed by atoms with E-state index < -0.39 is 34.4 Å². The van der Waals surface area contributed by atoms with Gasteiger partial charge in [-0.05, 0) is 13.0 Å². The molecule has 1 saturated heterocycles. The molecule has 1 aliphatic rings. The molecule has 116 valence electrons. The van der Waals surface area contributed by atoms with Crippen LogP contribution in [0.5, 0.6) is 0 Å². The molecule has 1 atom stereocenters. The van der Waals surface area contributed by atoms with Crippen LogP contribution in [0, 0.1) is 6.92 Å². The topological polar surface area (TPSA) is 107 Å². The van der Waals surface area contributed by atoms with Crippen LogP contribution in [0.1, 0.15) is 12.2 Å². The summed E-state index contributed by atoms with van der Waals surface area (Å²) < 4.78 is 0.854. The highest BCUT2D eigenvalue weighted by Crippen LogP contribution is 2.42. The molecule has 0 saturated carbocycles. The summed E-state index contributed by atoms with van der Waals surface area (Å²) in [5, 5.41) is 0.00613. The Morgan fingerprint density at radius 1 is 1.24 bits per heavy atom. The van der Waals surface area contributed by atoms with Gasteiger partial charge in [0.05, 0.1) is 32.0 Å². The Bertz CT molecular complexity index is 1000. The van der Waals surface area contributed by atoms with E-state index in [9.17, 15) is 14.4 Å². The predicted molar refractivity (Wildman–Crippen MR) is 96.2 cm³/mol. The van der Waals surface area contributed by atoms with Crippen LogP contribution in [0.2, 0.25) is 5.21 Å². The third kappa shape index (κ3) is 2.25. The van der Waals surface area contributed by atoms with Crippen LogP contribution >= 0.6 is 0 Å². The Hall–Kier alpha value is -2.44. The maximum atomic E-state index is 13.1. The number of rotatable bonds is 1. The number of aromatic nitrogens is 2. The van der Waals surface area contributed by atoms with E-state index in [1.165, 1.54) is 19.1 Å². The van der Waals surface area contributed by atoms with Crippen molar-refractivity contribution in [2.75, 3.05) is 5.73 Å². The quantitative estimate of drug-likeness (QED) is 0.340. The molecule has 11 heteroatoms. The van der Waals surface area contributed by atoms with Crippen molar-refractivity contribution in [2.45, 2.75) is 24.0 Å². The standard InChI is InChI=1S/C14H10B4N4O3/c1-5-20-7-3-2-6(15)10(19)9(7)11(24)22(5)14(18)12(25)21-8(23)4-13(14,16)17/h2-3H,4,19H2,1H3,(H,21,23,25). The van der Waals surface area contributed by atoms with Gasteiger partial charge in [-0.15, -0.1) is 0 Å². The molecule has 0 spiro atoms. The second-order valence-corrected chi connectivity index (χ2v) is 6.12. The zero-order valence-electron chi connectivity index (χ0n) is 13.4. The molecule has 25 heavy (non-hydrogen) atoms. The Labute approximate surface area is 148 Å². The predicted octanol–water partition coefficient (Wildman–Crippen LogP) is -2.60. The molecule has 1 aliphatic heterocycles. The van der Waals surface area contributed by atoms with Gasteiger partial charge in [0, 0.05) is 12.1 Å². The van der Waals surface area contributed by atoms with Crippen LogP contribution in [0.15, 0.2) is 16.9 Å². The van der Waals surface area contributed by atoms with Crippen molar-refractivity contribution in [3.63, 3.8) is 0 Å². The lowest BCUT2D eigenvalue weighted by atomic mass is 9.37. The number of imide groups is 1. The van der Waals surface area contributed by atoms with Gasteiger partial charge in [0.25, 0.3) is 5.56 Å². The summed E-state index contributed by atoms with van der Waals surface area (Å²) in [6.45, 7) is 1.46. The molecule has 3 N–H and O–H groups in total. The summed E-state index contributed by atoms with van der Waals surface area (Å²) in [4.78, 5) is 41.4. The molecular formula is C14H10B4N4O3. The molecule has 1 aromatic carbocycles. The van der Waals surface area contributed by atoms with Gasteiger partial charge in [0.1, 0.15) is 21.5 Å². The number of nitrogens with zero attached hydrogens (tertiary/aromatic N) is 2. The molecule has 8 radical (unpaired) electrons. The van der Waals surface area contributed by atoms with E-state index >= 15 is 0 Å². The summed E-state index contributed by atoms with van der Waals surface area (Å²) in [5.74, 6) is -1.63. The van der Waals surface area contributed by atoms with E-state index in [1.807, 2.05) is 5.32 Å². The van der Waals surface area contributed by atoms with Crippen molar-refractivity contribution in [2.24, 2.45) is 0 Å². The highest BCUT2D eigenvalue weighted by Gasteiger charge is 2.52. The van der Waals surface area contributed by atoms with Crippen LogP contribution in [0.3, 0.4) is 0 Å². The molecule has 1 fully saturated rings. The Morgan fingerprint density at radius 3 is 2.48 bits per heavy atom. The minimum Gasteiger partial charge on any atom is -0.398 e. The molecule has 2 aromatic rings. The lowest BCUT2D eigenvalue weighted by Gasteiger charge is -2.48. The monoisotopic (exact) mass is 326 g/mol. The van der Waals surface area contributed by atoms with E-state index in [4.69, 9.17) is 37.1 Å². The van der Waals surface area contributed by atoms with Crippen molar-refractivity contribution in [3.8, 4) is 0 Å². The van der Waals surface area contributed by atoms with E-state index in [2.05, 4.69) is 4.98 Å². The Morgan fingerprint density at radius 2 is 1.88 bits per heavy atom. The highest BCUT2D eigenvalue weighted by molar-refractivity contribution is 6.50. The highest BCUT2D eigenvalue weighted by atomic mass is 16.2. The van der Waals surface area contributed by atoms with Gasteiger partial charge in [-0.2, -0.15) is 0 Å². The average Bonchev–Trinajstić information content (AvgIpc) is 2.48. The van der Waals surface area contributed by atoms with Crippen molar-refractivity contribution < 1.29 is 9.59 Å². The van der Waals surface area contributed by atoms with Crippen molar-refractivity contribution in [3.05, 3.63) is 28.3 Å². The Balaban J connectivity index is 2.43. The number of benzene rings is 1. The molecule has 1 aromatic heterocycles. The summed E-state index contributed by atoms with van der Waals surface area (Å²) in [6, 6.07) is 3.03. The second-order valence-electron chi connectivity index (χ2n) is 6.12. The number of hydrogen-bond acceptors (Lipinski definition) is 5. The molecule has 0 aliphatic carbocycles. The maximum absolute atomic E-state index is 13.1. The molecule has 1 unspecified atom stereocenters. The van der Waals surface area contributed by atoms with Crippen LogP contribution in [0.4, 0.5) is 5.69 Å². The first-order valence-corrected chi connectivity index (χ1v) is 7.29. The number of hydrogen-bond donors (Lipinski definition) is 2. The van der Waals surface area contributed by atoms with Crippen LogP contribution in [-0.2, 0) is 15.0 Å². The first kappa shape index (κ1) is 17.4. The molecular weight excluding hydrogens is 315 g/mol. The number of aryl methyl sites for hydroxylation is 1. The zero-order chi connectivity index (χ0) is 18.7. The van der Waals surface area contributed by atoms with Gasteiger partial charge in [-0.1, -0.05) is 16.7 Å². The number of carbonyl (C=O) groups is 2. The first-order valence-electron chi connectivity index (χ1n) is 7.29. The third-order valence-corrected chi connectivity index (χ3v) is 4.39. The number of nitrogens with one attached hydrogen (secondary N) is 1. The fourth-order valence-electron chi connectivity index (χ4n) is 3.03. The molecule has 7 nitrogen and oxygen atoms in total. The number of piperidine rings is 1. The number of carbonyl (C=O) groups excluding carboxylic acids is 2. The number of fused-ring (bicyclic) bond motifs is 1. The van der Waals surface area contributed by atoms with Crippen molar-refractivity contribution in [1.29, 1.82) is 0 Å². The summed E-state index contributed by atoms with van der Waals surface area (Å²) in [6.07, 6.45) is -0.467. The van der Waals surface area contributed by atoms with E-state index in [0.29, 0.717) is 0 Å². The van der Waals surface area contributed by atoms with Crippen LogP contribution in [0.25, 0.3) is 10.9 Å². The Kier molecular flexibility index (Phi) is 3.67. The lowest BCUT2D eigenvalue weighted by molar-refractivity contribution is -0.138. The smallest absolute Gasteiger partial charge is 0.263 e. The minimum absolute atomic E-state index is 0.000660. The lowest BCUT2D eigenvalue weighted by Crippen LogP contribution is -2.66. The van der Waals surface area contributed by atoms with E-state index in [0.717, 1.165) is 4.57 Å². The van der Waals surface area contributed by atoms with Crippen molar-refractivity contribution in [1.82, 2.24) is 14.9 Å². The fourth-order valence-corrected chi connectivity index (χ4v) is 3.03. The first-order chi connectivity index (χ1) is 11.5. The summed E-state index contributed by atoms with van der Waals surface area (Å²) in [7, 11) is 23.8. The molecule has 3 rings (SSSR count). The fraction of sp³-hybridized carbons (Fsp3) is 0.286. The van der Waals surface area contributed by atoms with Gasteiger partial charge in [0.15, 0.2) is 0 Å². The number of nitrogen functional groups attached to an aromatic ring is 1. The van der Waals surface area contributed by atoms with Crippen molar-refractivity contribution >= 4 is 65.3 Å². The number of amides is 2. The second kappa shape index (κ2) is 5.28. The van der Waals surface area contributed by atoms with Gasteiger partial charge in [-0.3, -0.25) is 24.3 Å². The van der Waals surface area contributed by atoms with Crippen LogP contribution < -0.4 is 22.1 Å².